The zero-order chi connectivity index (χ0) is 11.3. The third-order valence-corrected chi connectivity index (χ3v) is 2.52. The number of esters is 1. The van der Waals surface area contributed by atoms with E-state index in [-0.39, 0.29) is 12.7 Å². The summed E-state index contributed by atoms with van der Waals surface area (Å²) >= 11 is 0. The maximum Gasteiger partial charge on any atom is 0.396 e. The van der Waals surface area contributed by atoms with Crippen molar-refractivity contribution in [3.8, 4) is 0 Å². The van der Waals surface area contributed by atoms with Crippen molar-refractivity contribution < 1.29 is 19.1 Å². The molecule has 1 heterocycles. The average molecular weight is 215 g/mol. The Morgan fingerprint density at radius 2 is 2.27 bits per heavy atom. The number of rotatable bonds is 3. The molecule has 0 saturated carbocycles. The van der Waals surface area contributed by atoms with Gasteiger partial charge in [0, 0.05) is 19.1 Å². The third kappa shape index (κ3) is 3.51. The van der Waals surface area contributed by atoms with Crippen LogP contribution in [0.5, 0.6) is 0 Å². The van der Waals surface area contributed by atoms with Gasteiger partial charge < -0.3 is 14.8 Å². The molecule has 0 spiro atoms. The molecule has 0 aromatic rings. The number of hydrogen-bond acceptors (Lipinski definition) is 4. The van der Waals surface area contributed by atoms with E-state index in [1.165, 1.54) is 0 Å². The van der Waals surface area contributed by atoms with E-state index in [0.29, 0.717) is 12.5 Å². The second-order valence-electron chi connectivity index (χ2n) is 3.56. The van der Waals surface area contributed by atoms with E-state index in [1.807, 2.05) is 6.92 Å². The number of carbonyl (C=O) groups excluding carboxylic acids is 2. The van der Waals surface area contributed by atoms with E-state index >= 15 is 0 Å². The Morgan fingerprint density at radius 1 is 1.53 bits per heavy atom. The fourth-order valence-electron chi connectivity index (χ4n) is 1.54. The van der Waals surface area contributed by atoms with Gasteiger partial charge in [0.1, 0.15) is 0 Å². The van der Waals surface area contributed by atoms with Crippen molar-refractivity contribution in [2.75, 3.05) is 19.8 Å². The summed E-state index contributed by atoms with van der Waals surface area (Å²) in [7, 11) is 0. The lowest BCUT2D eigenvalue weighted by Crippen LogP contribution is -2.37. The van der Waals surface area contributed by atoms with E-state index in [1.54, 1.807) is 6.92 Å². The largest absolute Gasteiger partial charge is 0.459 e. The number of nitrogens with one attached hydrogen (secondary N) is 1. The topological polar surface area (TPSA) is 64.6 Å². The minimum Gasteiger partial charge on any atom is -0.459 e. The average Bonchev–Trinajstić information content (AvgIpc) is 2.61. The van der Waals surface area contributed by atoms with Gasteiger partial charge in [-0.15, -0.1) is 0 Å². The third-order valence-electron chi connectivity index (χ3n) is 2.52. The quantitative estimate of drug-likeness (QED) is 0.535. The Morgan fingerprint density at radius 3 is 2.80 bits per heavy atom. The second kappa shape index (κ2) is 5.70. The lowest BCUT2D eigenvalue weighted by molar-refractivity contribution is -0.154. The smallest absolute Gasteiger partial charge is 0.396 e. The molecule has 1 N–H and O–H groups in total. The Balaban J connectivity index is 2.24. The molecule has 0 aromatic heterocycles. The normalized spacial score (nSPS) is 24.9. The zero-order valence-corrected chi connectivity index (χ0v) is 9.12. The SMILES string of the molecule is CCOC(=O)C(=O)NCC1CCOC1C. The van der Waals surface area contributed by atoms with Gasteiger partial charge in [0.05, 0.1) is 12.7 Å². The van der Waals surface area contributed by atoms with Crippen molar-refractivity contribution in [2.45, 2.75) is 26.4 Å². The fourth-order valence-corrected chi connectivity index (χ4v) is 1.54. The summed E-state index contributed by atoms with van der Waals surface area (Å²) < 4.78 is 9.90. The Bertz CT molecular complexity index is 242. The van der Waals surface area contributed by atoms with Gasteiger partial charge in [-0.1, -0.05) is 0 Å². The summed E-state index contributed by atoms with van der Waals surface area (Å²) in [6, 6.07) is 0. The summed E-state index contributed by atoms with van der Waals surface area (Å²) in [6.07, 6.45) is 1.07. The Kier molecular flexibility index (Phi) is 4.55. The molecule has 1 amide bonds. The molecule has 1 rings (SSSR count). The maximum atomic E-state index is 11.2. The van der Waals surface area contributed by atoms with Crippen LogP contribution in [0.2, 0.25) is 0 Å². The first kappa shape index (κ1) is 12.0. The number of hydrogen-bond donors (Lipinski definition) is 1. The molecule has 0 aromatic carbocycles. The first-order valence-corrected chi connectivity index (χ1v) is 5.21. The summed E-state index contributed by atoms with van der Waals surface area (Å²) in [5.74, 6) is -1.19. The summed E-state index contributed by atoms with van der Waals surface area (Å²) in [5.41, 5.74) is 0. The highest BCUT2D eigenvalue weighted by Crippen LogP contribution is 2.19. The van der Waals surface area contributed by atoms with E-state index in [0.717, 1.165) is 13.0 Å². The van der Waals surface area contributed by atoms with Crippen molar-refractivity contribution in [3.63, 3.8) is 0 Å². The molecular formula is C10H17NO4. The Labute approximate surface area is 89.1 Å². The van der Waals surface area contributed by atoms with E-state index in [9.17, 15) is 9.59 Å². The summed E-state index contributed by atoms with van der Waals surface area (Å²) in [6.45, 7) is 5.04. The van der Waals surface area contributed by atoms with Crippen LogP contribution >= 0.6 is 0 Å². The van der Waals surface area contributed by atoms with Crippen LogP contribution in [0.3, 0.4) is 0 Å². The van der Waals surface area contributed by atoms with Crippen molar-refractivity contribution in [2.24, 2.45) is 5.92 Å². The molecule has 1 aliphatic heterocycles. The van der Waals surface area contributed by atoms with Gasteiger partial charge in [0.2, 0.25) is 0 Å². The summed E-state index contributed by atoms with van der Waals surface area (Å²) in [4.78, 5) is 22.1. The molecule has 15 heavy (non-hydrogen) atoms. The molecule has 5 heteroatoms. The van der Waals surface area contributed by atoms with Crippen LogP contribution in [-0.2, 0) is 19.1 Å². The molecule has 86 valence electrons. The molecule has 0 radical (unpaired) electrons. The van der Waals surface area contributed by atoms with Gasteiger partial charge in [0.15, 0.2) is 0 Å². The number of ether oxygens (including phenoxy) is 2. The van der Waals surface area contributed by atoms with E-state index in [2.05, 4.69) is 10.1 Å². The molecule has 2 unspecified atom stereocenters. The monoisotopic (exact) mass is 215 g/mol. The molecule has 1 aliphatic rings. The lowest BCUT2D eigenvalue weighted by Gasteiger charge is -2.13. The molecule has 1 fully saturated rings. The first-order valence-electron chi connectivity index (χ1n) is 5.21. The number of carbonyl (C=O) groups is 2. The van der Waals surface area contributed by atoms with Crippen LogP contribution in [0.4, 0.5) is 0 Å². The van der Waals surface area contributed by atoms with Gasteiger partial charge in [-0.25, -0.2) is 4.79 Å². The molecule has 1 saturated heterocycles. The van der Waals surface area contributed by atoms with Crippen LogP contribution < -0.4 is 5.32 Å². The standard InChI is InChI=1S/C10H17NO4/c1-3-14-10(13)9(12)11-6-8-4-5-15-7(8)2/h7-8H,3-6H2,1-2H3,(H,11,12). The highest BCUT2D eigenvalue weighted by atomic mass is 16.5. The van der Waals surface area contributed by atoms with Crippen molar-refractivity contribution in [1.29, 1.82) is 0 Å². The molecular weight excluding hydrogens is 198 g/mol. The van der Waals surface area contributed by atoms with E-state index in [4.69, 9.17) is 4.74 Å². The first-order chi connectivity index (χ1) is 7.15. The highest BCUT2D eigenvalue weighted by molar-refractivity contribution is 6.32. The van der Waals surface area contributed by atoms with Gasteiger partial charge >= 0.3 is 11.9 Å². The fraction of sp³-hybridized carbons (Fsp3) is 0.800. The van der Waals surface area contributed by atoms with Gasteiger partial charge in [0.25, 0.3) is 0 Å². The molecule has 5 nitrogen and oxygen atoms in total. The van der Waals surface area contributed by atoms with Crippen LogP contribution in [0.1, 0.15) is 20.3 Å². The minimum absolute atomic E-state index is 0.146. The lowest BCUT2D eigenvalue weighted by atomic mass is 10.0. The zero-order valence-electron chi connectivity index (χ0n) is 9.12. The number of amides is 1. The molecule has 0 aliphatic carbocycles. The van der Waals surface area contributed by atoms with Crippen molar-refractivity contribution in [3.05, 3.63) is 0 Å². The van der Waals surface area contributed by atoms with E-state index < -0.39 is 11.9 Å². The predicted octanol–water partition coefficient (Wildman–Crippen LogP) is 0.0907. The van der Waals surface area contributed by atoms with Gasteiger partial charge in [-0.3, -0.25) is 4.79 Å². The van der Waals surface area contributed by atoms with Crippen LogP contribution in [0.15, 0.2) is 0 Å². The van der Waals surface area contributed by atoms with Crippen LogP contribution in [-0.4, -0.2) is 37.7 Å². The minimum atomic E-state index is -0.816. The van der Waals surface area contributed by atoms with Gasteiger partial charge in [-0.2, -0.15) is 0 Å². The molecule has 2 atom stereocenters. The van der Waals surface area contributed by atoms with Crippen molar-refractivity contribution >= 4 is 11.9 Å². The van der Waals surface area contributed by atoms with Gasteiger partial charge in [-0.05, 0) is 20.3 Å². The second-order valence-corrected chi connectivity index (χ2v) is 3.56. The van der Waals surface area contributed by atoms with Crippen LogP contribution in [0, 0.1) is 5.92 Å². The molecule has 0 bridgehead atoms. The Hall–Kier alpha value is -1.10. The predicted molar refractivity (Wildman–Crippen MR) is 53.2 cm³/mol. The maximum absolute atomic E-state index is 11.2. The van der Waals surface area contributed by atoms with Crippen molar-refractivity contribution in [1.82, 2.24) is 5.32 Å². The van der Waals surface area contributed by atoms with Crippen LogP contribution in [0.25, 0.3) is 0 Å². The summed E-state index contributed by atoms with van der Waals surface area (Å²) in [5, 5.41) is 2.55. The highest BCUT2D eigenvalue weighted by Gasteiger charge is 2.25.